The van der Waals surface area contributed by atoms with E-state index in [1.807, 2.05) is 0 Å². The van der Waals surface area contributed by atoms with Crippen molar-refractivity contribution in [3.05, 3.63) is 57.3 Å². The number of pyridine rings is 1. The number of amides is 1. The predicted molar refractivity (Wildman–Crippen MR) is 73.7 cm³/mol. The van der Waals surface area contributed by atoms with Gasteiger partial charge in [-0.1, -0.05) is 34.8 Å². The van der Waals surface area contributed by atoms with Gasteiger partial charge < -0.3 is 5.32 Å². The molecule has 0 aliphatic heterocycles. The Bertz CT molecular complexity index is 581. The van der Waals surface area contributed by atoms with E-state index >= 15 is 0 Å². The Morgan fingerprint density at radius 1 is 1.11 bits per heavy atom. The Hall–Kier alpha value is -1.29. The van der Waals surface area contributed by atoms with Gasteiger partial charge in [0.15, 0.2) is 0 Å². The number of nitrogens with zero attached hydrogens (tertiary/aromatic N) is 1. The van der Waals surface area contributed by atoms with Crippen molar-refractivity contribution in [2.75, 3.05) is 5.32 Å². The number of nitrogens with one attached hydrogen (secondary N) is 1. The van der Waals surface area contributed by atoms with Gasteiger partial charge in [-0.05, 0) is 24.3 Å². The van der Waals surface area contributed by atoms with E-state index in [9.17, 15) is 4.79 Å². The molecule has 1 N–H and O–H groups in total. The van der Waals surface area contributed by atoms with Gasteiger partial charge in [0.05, 0.1) is 10.6 Å². The molecule has 2 rings (SSSR count). The van der Waals surface area contributed by atoms with Gasteiger partial charge in [0.1, 0.15) is 0 Å². The summed E-state index contributed by atoms with van der Waals surface area (Å²) in [6, 6.07) is 6.31. The number of hydrogen-bond donors (Lipinski definition) is 1. The highest BCUT2D eigenvalue weighted by Crippen LogP contribution is 2.23. The summed E-state index contributed by atoms with van der Waals surface area (Å²) in [5.41, 5.74) is 0.785. The second kappa shape index (κ2) is 5.57. The van der Waals surface area contributed by atoms with Crippen LogP contribution in [0.5, 0.6) is 0 Å². The number of anilines is 1. The SMILES string of the molecule is O=C(Nc1cc(Cl)cc(Cl)c1)c1cnccc1Cl. The van der Waals surface area contributed by atoms with Gasteiger partial charge in [0.25, 0.3) is 5.91 Å². The fourth-order valence-electron chi connectivity index (χ4n) is 1.37. The van der Waals surface area contributed by atoms with Gasteiger partial charge in [-0.3, -0.25) is 9.78 Å². The first-order valence-corrected chi connectivity index (χ1v) is 6.06. The zero-order valence-corrected chi connectivity index (χ0v) is 11.2. The summed E-state index contributed by atoms with van der Waals surface area (Å²) in [4.78, 5) is 15.8. The summed E-state index contributed by atoms with van der Waals surface area (Å²) in [7, 11) is 0. The molecule has 0 saturated heterocycles. The van der Waals surface area contributed by atoms with Crippen LogP contribution in [0.2, 0.25) is 15.1 Å². The molecule has 6 heteroatoms. The number of carbonyl (C=O) groups is 1. The molecule has 0 saturated carbocycles. The Balaban J connectivity index is 2.24. The van der Waals surface area contributed by atoms with Gasteiger partial charge in [0, 0.05) is 28.1 Å². The molecular formula is C12H7Cl3N2O. The number of halogens is 3. The third-order valence-electron chi connectivity index (χ3n) is 2.13. The van der Waals surface area contributed by atoms with Gasteiger partial charge in [-0.15, -0.1) is 0 Å². The lowest BCUT2D eigenvalue weighted by Crippen LogP contribution is -2.12. The van der Waals surface area contributed by atoms with Crippen LogP contribution in [0.3, 0.4) is 0 Å². The fourth-order valence-corrected chi connectivity index (χ4v) is 2.09. The standard InChI is InChI=1S/C12H7Cl3N2O/c13-7-3-8(14)5-9(4-7)17-12(18)10-6-16-2-1-11(10)15/h1-6H,(H,17,18). The number of carbonyl (C=O) groups excluding carboxylic acids is 1. The van der Waals surface area contributed by atoms with E-state index in [2.05, 4.69) is 10.3 Å². The van der Waals surface area contributed by atoms with Crippen LogP contribution in [-0.4, -0.2) is 10.9 Å². The van der Waals surface area contributed by atoms with E-state index in [0.717, 1.165) is 0 Å². The van der Waals surface area contributed by atoms with E-state index in [1.54, 1.807) is 24.3 Å². The van der Waals surface area contributed by atoms with Crippen molar-refractivity contribution in [1.82, 2.24) is 4.98 Å². The molecule has 0 unspecified atom stereocenters. The highest BCUT2D eigenvalue weighted by molar-refractivity contribution is 6.36. The van der Waals surface area contributed by atoms with Crippen LogP contribution in [0.1, 0.15) is 10.4 Å². The Morgan fingerprint density at radius 3 is 2.39 bits per heavy atom. The van der Waals surface area contributed by atoms with Crippen LogP contribution in [0, 0.1) is 0 Å². The maximum absolute atomic E-state index is 11.9. The first kappa shape index (κ1) is 13.1. The minimum Gasteiger partial charge on any atom is -0.322 e. The maximum atomic E-state index is 11.9. The molecule has 0 fully saturated rings. The van der Waals surface area contributed by atoms with Gasteiger partial charge >= 0.3 is 0 Å². The predicted octanol–water partition coefficient (Wildman–Crippen LogP) is 4.29. The number of aromatic nitrogens is 1. The fraction of sp³-hybridized carbons (Fsp3) is 0. The Kier molecular flexibility index (Phi) is 4.07. The summed E-state index contributed by atoms with van der Waals surface area (Å²) in [5.74, 6) is -0.369. The normalized spacial score (nSPS) is 10.2. The molecule has 0 radical (unpaired) electrons. The molecule has 18 heavy (non-hydrogen) atoms. The van der Waals surface area contributed by atoms with Crippen LogP contribution in [0.15, 0.2) is 36.7 Å². The second-order valence-electron chi connectivity index (χ2n) is 3.47. The van der Waals surface area contributed by atoms with Gasteiger partial charge in [-0.2, -0.15) is 0 Å². The van der Waals surface area contributed by atoms with Crippen molar-refractivity contribution in [3.63, 3.8) is 0 Å². The molecule has 2 aromatic rings. The summed E-state index contributed by atoms with van der Waals surface area (Å²) < 4.78 is 0. The second-order valence-corrected chi connectivity index (χ2v) is 4.75. The molecule has 1 heterocycles. The number of rotatable bonds is 2. The van der Waals surface area contributed by atoms with Crippen LogP contribution in [-0.2, 0) is 0 Å². The molecule has 0 atom stereocenters. The van der Waals surface area contributed by atoms with E-state index in [0.29, 0.717) is 20.8 Å². The lowest BCUT2D eigenvalue weighted by Gasteiger charge is -2.07. The molecule has 1 aromatic carbocycles. The zero-order chi connectivity index (χ0) is 13.1. The zero-order valence-electron chi connectivity index (χ0n) is 8.95. The average Bonchev–Trinajstić information content (AvgIpc) is 2.27. The minimum absolute atomic E-state index is 0.287. The first-order chi connectivity index (χ1) is 8.56. The van der Waals surface area contributed by atoms with Crippen LogP contribution >= 0.6 is 34.8 Å². The quantitative estimate of drug-likeness (QED) is 0.899. The molecule has 92 valence electrons. The van der Waals surface area contributed by atoms with E-state index in [4.69, 9.17) is 34.8 Å². The van der Waals surface area contributed by atoms with Crippen molar-refractivity contribution < 1.29 is 4.79 Å². The highest BCUT2D eigenvalue weighted by Gasteiger charge is 2.11. The lowest BCUT2D eigenvalue weighted by molar-refractivity contribution is 0.102. The molecule has 1 aromatic heterocycles. The lowest BCUT2D eigenvalue weighted by atomic mass is 10.2. The van der Waals surface area contributed by atoms with Crippen LogP contribution in [0.25, 0.3) is 0 Å². The molecule has 0 bridgehead atoms. The van der Waals surface area contributed by atoms with Gasteiger partial charge in [0.2, 0.25) is 0 Å². The molecule has 1 amide bonds. The largest absolute Gasteiger partial charge is 0.322 e. The molecular weight excluding hydrogens is 295 g/mol. The minimum atomic E-state index is -0.369. The third kappa shape index (κ3) is 3.13. The van der Waals surface area contributed by atoms with Gasteiger partial charge in [-0.25, -0.2) is 0 Å². The first-order valence-electron chi connectivity index (χ1n) is 4.93. The molecule has 0 spiro atoms. The molecule has 0 aliphatic rings. The Labute approximate surface area is 119 Å². The van der Waals surface area contributed by atoms with Crippen molar-refractivity contribution in [3.8, 4) is 0 Å². The van der Waals surface area contributed by atoms with Crippen molar-refractivity contribution in [2.45, 2.75) is 0 Å². The van der Waals surface area contributed by atoms with E-state index in [1.165, 1.54) is 12.4 Å². The monoisotopic (exact) mass is 300 g/mol. The van der Waals surface area contributed by atoms with Crippen molar-refractivity contribution in [2.24, 2.45) is 0 Å². The molecule has 0 aliphatic carbocycles. The average molecular weight is 302 g/mol. The molecule has 3 nitrogen and oxygen atoms in total. The topological polar surface area (TPSA) is 42.0 Å². The summed E-state index contributed by atoms with van der Waals surface area (Å²) in [5, 5.41) is 3.86. The third-order valence-corrected chi connectivity index (χ3v) is 2.90. The van der Waals surface area contributed by atoms with E-state index in [-0.39, 0.29) is 11.5 Å². The number of benzene rings is 1. The Morgan fingerprint density at radius 2 is 1.78 bits per heavy atom. The smallest absolute Gasteiger partial charge is 0.258 e. The highest BCUT2D eigenvalue weighted by atomic mass is 35.5. The summed E-state index contributed by atoms with van der Waals surface area (Å²) >= 11 is 17.6. The maximum Gasteiger partial charge on any atom is 0.258 e. The summed E-state index contributed by atoms with van der Waals surface area (Å²) in [6.45, 7) is 0. The van der Waals surface area contributed by atoms with Crippen molar-refractivity contribution >= 4 is 46.4 Å². The van der Waals surface area contributed by atoms with E-state index < -0.39 is 0 Å². The van der Waals surface area contributed by atoms with Crippen molar-refractivity contribution in [1.29, 1.82) is 0 Å². The number of hydrogen-bond acceptors (Lipinski definition) is 2. The summed E-state index contributed by atoms with van der Waals surface area (Å²) in [6.07, 6.45) is 2.90. The van der Waals surface area contributed by atoms with Crippen LogP contribution in [0.4, 0.5) is 5.69 Å². The van der Waals surface area contributed by atoms with Crippen LogP contribution < -0.4 is 5.32 Å².